The molecule has 9 nitrogen and oxygen atoms in total. The Kier molecular flexibility index (Phi) is 5.29. The van der Waals surface area contributed by atoms with Gasteiger partial charge >= 0.3 is 0 Å². The number of benzene rings is 2. The molecule has 0 aliphatic carbocycles. The first kappa shape index (κ1) is 16.7. The number of hydrogen-bond donors (Lipinski definition) is 3. The summed E-state index contributed by atoms with van der Waals surface area (Å²) in [7, 11) is 0. The molecule has 24 heavy (non-hydrogen) atoms. The fraction of sp³-hybridized carbons (Fsp3) is 0.0667. The van der Waals surface area contributed by atoms with E-state index in [-0.39, 0.29) is 29.5 Å². The van der Waals surface area contributed by atoms with Crippen LogP contribution in [-0.4, -0.2) is 33.9 Å². The van der Waals surface area contributed by atoms with Crippen molar-refractivity contribution in [1.29, 1.82) is 0 Å². The van der Waals surface area contributed by atoms with E-state index in [1.807, 2.05) is 0 Å². The van der Waals surface area contributed by atoms with Crippen molar-refractivity contribution < 1.29 is 24.7 Å². The molecule has 0 heterocycles. The number of aromatic hydroxyl groups is 2. The molecule has 0 aliphatic rings. The van der Waals surface area contributed by atoms with Crippen molar-refractivity contribution in [3.05, 3.63) is 58.1 Å². The molecule has 0 unspecified atom stereocenters. The highest BCUT2D eigenvalue weighted by molar-refractivity contribution is 5.83. The van der Waals surface area contributed by atoms with E-state index in [9.17, 15) is 20.0 Å². The van der Waals surface area contributed by atoms with Crippen molar-refractivity contribution in [1.82, 2.24) is 5.43 Å². The first-order valence-electron chi connectivity index (χ1n) is 6.67. The van der Waals surface area contributed by atoms with Gasteiger partial charge in [-0.2, -0.15) is 5.10 Å². The summed E-state index contributed by atoms with van der Waals surface area (Å²) in [5.74, 6) is -0.951. The van der Waals surface area contributed by atoms with Crippen LogP contribution in [-0.2, 0) is 4.79 Å². The Morgan fingerprint density at radius 1 is 1.25 bits per heavy atom. The average Bonchev–Trinajstić information content (AvgIpc) is 2.56. The van der Waals surface area contributed by atoms with Gasteiger partial charge in [-0.15, -0.1) is 0 Å². The molecular weight excluding hydrogens is 318 g/mol. The van der Waals surface area contributed by atoms with Crippen LogP contribution in [0.5, 0.6) is 17.2 Å². The largest absolute Gasteiger partial charge is 0.504 e. The maximum Gasteiger partial charge on any atom is 0.277 e. The molecule has 1 amide bonds. The Balaban J connectivity index is 1.85. The molecule has 0 atom stereocenters. The maximum atomic E-state index is 11.6. The second-order valence-electron chi connectivity index (χ2n) is 4.58. The molecule has 0 aliphatic heterocycles. The van der Waals surface area contributed by atoms with Gasteiger partial charge in [-0.05, 0) is 29.8 Å². The summed E-state index contributed by atoms with van der Waals surface area (Å²) in [4.78, 5) is 21.6. The minimum Gasteiger partial charge on any atom is -0.504 e. The lowest BCUT2D eigenvalue weighted by Crippen LogP contribution is -2.24. The van der Waals surface area contributed by atoms with E-state index < -0.39 is 10.8 Å². The van der Waals surface area contributed by atoms with Crippen molar-refractivity contribution in [3.63, 3.8) is 0 Å². The maximum absolute atomic E-state index is 11.6. The lowest BCUT2D eigenvalue weighted by molar-refractivity contribution is -0.384. The minimum atomic E-state index is -0.569. The van der Waals surface area contributed by atoms with Crippen LogP contribution in [0, 0.1) is 10.1 Å². The molecule has 9 heteroatoms. The van der Waals surface area contributed by atoms with E-state index in [0.29, 0.717) is 5.56 Å². The third kappa shape index (κ3) is 4.70. The smallest absolute Gasteiger partial charge is 0.277 e. The third-order valence-corrected chi connectivity index (χ3v) is 2.80. The van der Waals surface area contributed by atoms with Gasteiger partial charge in [0.05, 0.1) is 17.2 Å². The van der Waals surface area contributed by atoms with Crippen LogP contribution in [0.4, 0.5) is 5.69 Å². The molecule has 0 saturated carbocycles. The molecule has 2 rings (SSSR count). The number of nitrogens with zero attached hydrogens (tertiary/aromatic N) is 2. The zero-order valence-electron chi connectivity index (χ0n) is 12.2. The highest BCUT2D eigenvalue weighted by atomic mass is 16.6. The molecule has 3 N–H and O–H groups in total. The van der Waals surface area contributed by atoms with Gasteiger partial charge in [0.2, 0.25) is 0 Å². The van der Waals surface area contributed by atoms with Gasteiger partial charge in [0.1, 0.15) is 5.75 Å². The van der Waals surface area contributed by atoms with Gasteiger partial charge in [0.25, 0.3) is 11.6 Å². The quantitative estimate of drug-likeness (QED) is 0.318. The van der Waals surface area contributed by atoms with Crippen LogP contribution in [0.2, 0.25) is 0 Å². The first-order valence-corrected chi connectivity index (χ1v) is 6.67. The summed E-state index contributed by atoms with van der Waals surface area (Å²) in [5.41, 5.74) is 2.52. The van der Waals surface area contributed by atoms with Crippen LogP contribution in [0.15, 0.2) is 47.6 Å². The number of amides is 1. The normalized spacial score (nSPS) is 10.5. The van der Waals surface area contributed by atoms with E-state index in [2.05, 4.69) is 10.5 Å². The van der Waals surface area contributed by atoms with E-state index >= 15 is 0 Å². The Hall–Kier alpha value is -3.62. The van der Waals surface area contributed by atoms with Gasteiger partial charge in [0, 0.05) is 6.07 Å². The number of carbonyl (C=O) groups excluding carboxylic acids is 1. The minimum absolute atomic E-state index is 0.141. The van der Waals surface area contributed by atoms with Gasteiger partial charge in [-0.25, -0.2) is 5.43 Å². The standard InChI is InChI=1S/C15H13N3O6/c19-13-5-4-10(6-14(13)20)8-16-17-15(21)9-24-12-3-1-2-11(7-12)18(22)23/h1-8,19-20H,9H2,(H,17,21)/b16-8-. The molecule has 0 bridgehead atoms. The third-order valence-electron chi connectivity index (χ3n) is 2.80. The number of nitrogens with one attached hydrogen (secondary N) is 1. The van der Waals surface area contributed by atoms with Crippen molar-refractivity contribution in [2.45, 2.75) is 0 Å². The number of hydrogen-bond acceptors (Lipinski definition) is 7. The summed E-state index contributed by atoms with van der Waals surface area (Å²) < 4.78 is 5.13. The molecular formula is C15H13N3O6. The molecule has 0 saturated heterocycles. The van der Waals surface area contributed by atoms with Crippen LogP contribution < -0.4 is 10.2 Å². The number of nitro benzene ring substituents is 1. The van der Waals surface area contributed by atoms with Crippen molar-refractivity contribution in [2.24, 2.45) is 5.10 Å². The van der Waals surface area contributed by atoms with Gasteiger partial charge in [-0.3, -0.25) is 14.9 Å². The highest BCUT2D eigenvalue weighted by Gasteiger charge is 2.07. The number of carbonyl (C=O) groups is 1. The van der Waals surface area contributed by atoms with E-state index in [1.54, 1.807) is 0 Å². The number of ether oxygens (including phenoxy) is 1. The van der Waals surface area contributed by atoms with Crippen LogP contribution in [0.3, 0.4) is 0 Å². The molecule has 124 valence electrons. The fourth-order valence-electron chi connectivity index (χ4n) is 1.67. The van der Waals surface area contributed by atoms with Crippen LogP contribution in [0.25, 0.3) is 0 Å². The fourth-order valence-corrected chi connectivity index (χ4v) is 1.67. The number of phenols is 2. The van der Waals surface area contributed by atoms with Crippen LogP contribution in [0.1, 0.15) is 5.56 Å². The van der Waals surface area contributed by atoms with Gasteiger partial charge in [-0.1, -0.05) is 6.07 Å². The Bertz CT molecular complexity index is 791. The number of rotatable bonds is 6. The predicted molar refractivity (Wildman–Crippen MR) is 84.1 cm³/mol. The topological polar surface area (TPSA) is 134 Å². The van der Waals surface area contributed by atoms with Crippen molar-refractivity contribution >= 4 is 17.8 Å². The molecule has 0 spiro atoms. The number of hydrazone groups is 1. The SMILES string of the molecule is O=C(COc1cccc([N+](=O)[O-])c1)N/N=C\c1ccc(O)c(O)c1. The van der Waals surface area contributed by atoms with E-state index in [4.69, 9.17) is 9.84 Å². The highest BCUT2D eigenvalue weighted by Crippen LogP contribution is 2.24. The Morgan fingerprint density at radius 3 is 2.75 bits per heavy atom. The predicted octanol–water partition coefficient (Wildman–Crippen LogP) is 1.54. The van der Waals surface area contributed by atoms with Gasteiger partial charge < -0.3 is 14.9 Å². The zero-order valence-corrected chi connectivity index (χ0v) is 12.2. The lowest BCUT2D eigenvalue weighted by atomic mass is 10.2. The molecule has 2 aromatic carbocycles. The lowest BCUT2D eigenvalue weighted by Gasteiger charge is -2.04. The molecule has 2 aromatic rings. The van der Waals surface area contributed by atoms with Crippen molar-refractivity contribution in [3.8, 4) is 17.2 Å². The second kappa shape index (κ2) is 7.58. The Morgan fingerprint density at radius 2 is 2.04 bits per heavy atom. The van der Waals surface area contributed by atoms with Crippen molar-refractivity contribution in [2.75, 3.05) is 6.61 Å². The van der Waals surface area contributed by atoms with E-state index in [0.717, 1.165) is 0 Å². The molecule has 0 radical (unpaired) electrons. The number of nitro groups is 1. The zero-order chi connectivity index (χ0) is 17.5. The summed E-state index contributed by atoms with van der Waals surface area (Å²) in [6.45, 7) is -0.376. The average molecular weight is 331 g/mol. The first-order chi connectivity index (χ1) is 11.5. The summed E-state index contributed by atoms with van der Waals surface area (Å²) in [5, 5.41) is 32.8. The summed E-state index contributed by atoms with van der Waals surface area (Å²) in [6, 6.07) is 9.49. The number of non-ortho nitro benzene ring substituents is 1. The van der Waals surface area contributed by atoms with Gasteiger partial charge in [0.15, 0.2) is 18.1 Å². The number of phenolic OH excluding ortho intramolecular Hbond substituents is 2. The van der Waals surface area contributed by atoms with Crippen LogP contribution >= 0.6 is 0 Å². The monoisotopic (exact) mass is 331 g/mol. The summed E-state index contributed by atoms with van der Waals surface area (Å²) in [6.07, 6.45) is 1.27. The summed E-state index contributed by atoms with van der Waals surface area (Å²) >= 11 is 0. The second-order valence-corrected chi connectivity index (χ2v) is 4.58. The molecule has 0 aromatic heterocycles. The molecule has 0 fully saturated rings. The van der Waals surface area contributed by atoms with E-state index in [1.165, 1.54) is 48.7 Å². The Labute approximate surface area is 136 Å².